The number of hydrogen-bond acceptors (Lipinski definition) is 4. The Morgan fingerprint density at radius 3 is 2.24 bits per heavy atom. The van der Waals surface area contributed by atoms with Gasteiger partial charge in [-0.25, -0.2) is 0 Å². The van der Waals surface area contributed by atoms with Gasteiger partial charge >= 0.3 is 0 Å². The molecular formula is C13H12N2O2. The lowest BCUT2D eigenvalue weighted by atomic mass is 10.2. The first-order chi connectivity index (χ1) is 8.16. The van der Waals surface area contributed by atoms with Crippen molar-refractivity contribution in [2.24, 2.45) is 10.2 Å². The molecule has 2 aromatic rings. The molecule has 0 unspecified atom stereocenters. The molecule has 2 aromatic carbocycles. The number of aromatic hydroxyl groups is 2. The molecule has 0 saturated heterocycles. The lowest BCUT2D eigenvalue weighted by Crippen LogP contribution is -1.72. The highest BCUT2D eigenvalue weighted by molar-refractivity contribution is 5.54. The van der Waals surface area contributed by atoms with Gasteiger partial charge in [-0.2, -0.15) is 0 Å². The second-order valence-electron chi connectivity index (χ2n) is 3.68. The van der Waals surface area contributed by atoms with E-state index >= 15 is 0 Å². The summed E-state index contributed by atoms with van der Waals surface area (Å²) in [6.07, 6.45) is 0. The molecule has 0 aliphatic rings. The monoisotopic (exact) mass is 228 g/mol. The fraction of sp³-hybridized carbons (Fsp3) is 0.0769. The van der Waals surface area contributed by atoms with Gasteiger partial charge in [0.1, 0.15) is 22.9 Å². The van der Waals surface area contributed by atoms with Crippen LogP contribution in [0.25, 0.3) is 0 Å². The van der Waals surface area contributed by atoms with E-state index in [4.69, 9.17) is 0 Å². The van der Waals surface area contributed by atoms with E-state index in [-0.39, 0.29) is 11.5 Å². The van der Waals surface area contributed by atoms with Crippen molar-refractivity contribution >= 4 is 11.4 Å². The maximum Gasteiger partial charge on any atom is 0.143 e. The number of rotatable bonds is 2. The predicted octanol–water partition coefficient (Wildman–Crippen LogP) is 3.82. The standard InChI is InChI=1S/C13H12N2O2/c1-9-6-7-13(17)11(8-9)15-14-10-4-2-3-5-12(10)16/h2-8,16-17H,1H3. The largest absolute Gasteiger partial charge is 0.506 e. The quantitative estimate of drug-likeness (QED) is 0.767. The van der Waals surface area contributed by atoms with Gasteiger partial charge in [0, 0.05) is 0 Å². The zero-order chi connectivity index (χ0) is 12.3. The predicted molar refractivity (Wildman–Crippen MR) is 65.1 cm³/mol. The van der Waals surface area contributed by atoms with E-state index in [0.29, 0.717) is 11.4 Å². The first-order valence-electron chi connectivity index (χ1n) is 5.16. The normalized spacial score (nSPS) is 10.9. The van der Waals surface area contributed by atoms with Gasteiger partial charge in [0.25, 0.3) is 0 Å². The number of phenols is 2. The number of phenolic OH excluding ortho intramolecular Hbond substituents is 2. The van der Waals surface area contributed by atoms with E-state index in [1.54, 1.807) is 36.4 Å². The Balaban J connectivity index is 2.32. The zero-order valence-corrected chi connectivity index (χ0v) is 9.33. The highest BCUT2D eigenvalue weighted by Gasteiger charge is 2.01. The van der Waals surface area contributed by atoms with Crippen molar-refractivity contribution < 1.29 is 10.2 Å². The summed E-state index contributed by atoms with van der Waals surface area (Å²) in [5.41, 5.74) is 1.73. The second-order valence-corrected chi connectivity index (χ2v) is 3.68. The second kappa shape index (κ2) is 4.65. The Bertz CT molecular complexity index is 565. The summed E-state index contributed by atoms with van der Waals surface area (Å²) in [4.78, 5) is 0. The molecule has 0 fully saturated rings. The molecule has 0 amide bonds. The van der Waals surface area contributed by atoms with Crippen LogP contribution in [0.1, 0.15) is 5.56 Å². The topological polar surface area (TPSA) is 65.2 Å². The molecule has 0 saturated carbocycles. The number of azo groups is 1. The maximum absolute atomic E-state index is 9.57. The summed E-state index contributed by atoms with van der Waals surface area (Å²) < 4.78 is 0. The minimum atomic E-state index is 0.0587. The number of benzene rings is 2. The zero-order valence-electron chi connectivity index (χ0n) is 9.33. The van der Waals surface area contributed by atoms with E-state index in [1.807, 2.05) is 6.92 Å². The summed E-state index contributed by atoms with van der Waals surface area (Å²) in [6, 6.07) is 11.7. The van der Waals surface area contributed by atoms with Crippen LogP contribution in [0.2, 0.25) is 0 Å². The molecule has 0 spiro atoms. The number of nitrogens with zero attached hydrogens (tertiary/aromatic N) is 2. The third-order valence-corrected chi connectivity index (χ3v) is 2.28. The molecular weight excluding hydrogens is 216 g/mol. The van der Waals surface area contributed by atoms with E-state index < -0.39 is 0 Å². The first kappa shape index (κ1) is 11.1. The van der Waals surface area contributed by atoms with Crippen LogP contribution in [-0.4, -0.2) is 10.2 Å². The highest BCUT2D eigenvalue weighted by Crippen LogP contribution is 2.31. The molecule has 0 aromatic heterocycles. The molecule has 86 valence electrons. The van der Waals surface area contributed by atoms with Crippen molar-refractivity contribution in [3.05, 3.63) is 48.0 Å². The molecule has 2 N–H and O–H groups in total. The van der Waals surface area contributed by atoms with Crippen LogP contribution in [0.3, 0.4) is 0 Å². The molecule has 4 heteroatoms. The number of hydrogen-bond donors (Lipinski definition) is 2. The third kappa shape index (κ3) is 2.60. The molecule has 0 bridgehead atoms. The Morgan fingerprint density at radius 1 is 0.824 bits per heavy atom. The van der Waals surface area contributed by atoms with E-state index in [9.17, 15) is 10.2 Å². The van der Waals surface area contributed by atoms with E-state index in [0.717, 1.165) is 5.56 Å². The summed E-state index contributed by atoms with van der Waals surface area (Å²) >= 11 is 0. The smallest absolute Gasteiger partial charge is 0.143 e. The summed E-state index contributed by atoms with van der Waals surface area (Å²) in [5.74, 6) is 0.123. The summed E-state index contributed by atoms with van der Waals surface area (Å²) in [6.45, 7) is 1.90. The lowest BCUT2D eigenvalue weighted by molar-refractivity contribution is 0.474. The Morgan fingerprint density at radius 2 is 1.47 bits per heavy atom. The fourth-order valence-electron chi connectivity index (χ4n) is 1.37. The fourth-order valence-corrected chi connectivity index (χ4v) is 1.37. The molecule has 17 heavy (non-hydrogen) atoms. The SMILES string of the molecule is Cc1ccc(O)c(N=Nc2ccccc2O)c1. The first-order valence-corrected chi connectivity index (χ1v) is 5.16. The molecule has 0 heterocycles. The van der Waals surface area contributed by atoms with Crippen molar-refractivity contribution in [1.29, 1.82) is 0 Å². The Labute approximate surface area is 98.9 Å². The number of para-hydroxylation sites is 1. The minimum Gasteiger partial charge on any atom is -0.506 e. The van der Waals surface area contributed by atoms with Crippen LogP contribution < -0.4 is 0 Å². The van der Waals surface area contributed by atoms with Gasteiger partial charge in [-0.05, 0) is 36.8 Å². The van der Waals surface area contributed by atoms with Gasteiger partial charge < -0.3 is 10.2 Å². The molecule has 0 aliphatic heterocycles. The van der Waals surface area contributed by atoms with Gasteiger partial charge in [0.15, 0.2) is 0 Å². The van der Waals surface area contributed by atoms with Crippen molar-refractivity contribution in [1.82, 2.24) is 0 Å². The van der Waals surface area contributed by atoms with Crippen LogP contribution >= 0.6 is 0 Å². The van der Waals surface area contributed by atoms with Gasteiger partial charge in [0.05, 0.1) is 0 Å². The summed E-state index contributed by atoms with van der Waals surface area (Å²) in [7, 11) is 0. The molecule has 0 aliphatic carbocycles. The van der Waals surface area contributed by atoms with Gasteiger partial charge in [-0.1, -0.05) is 18.2 Å². The van der Waals surface area contributed by atoms with E-state index in [2.05, 4.69) is 10.2 Å². The van der Waals surface area contributed by atoms with E-state index in [1.165, 1.54) is 6.07 Å². The highest BCUT2D eigenvalue weighted by atomic mass is 16.3. The lowest BCUT2D eigenvalue weighted by Gasteiger charge is -1.99. The Kier molecular flexibility index (Phi) is 3.05. The van der Waals surface area contributed by atoms with Gasteiger partial charge in [-0.15, -0.1) is 10.2 Å². The Hall–Kier alpha value is -2.36. The third-order valence-electron chi connectivity index (χ3n) is 2.28. The average Bonchev–Trinajstić information content (AvgIpc) is 2.32. The van der Waals surface area contributed by atoms with Crippen LogP contribution in [-0.2, 0) is 0 Å². The van der Waals surface area contributed by atoms with Crippen molar-refractivity contribution in [2.45, 2.75) is 6.92 Å². The number of aryl methyl sites for hydroxylation is 1. The molecule has 4 nitrogen and oxygen atoms in total. The molecule has 0 atom stereocenters. The van der Waals surface area contributed by atoms with Crippen LogP contribution in [0, 0.1) is 6.92 Å². The van der Waals surface area contributed by atoms with Crippen molar-refractivity contribution in [3.8, 4) is 11.5 Å². The van der Waals surface area contributed by atoms with Crippen LogP contribution in [0.4, 0.5) is 11.4 Å². The summed E-state index contributed by atoms with van der Waals surface area (Å²) in [5, 5.41) is 26.9. The van der Waals surface area contributed by atoms with Crippen LogP contribution in [0.15, 0.2) is 52.7 Å². The van der Waals surface area contributed by atoms with Gasteiger partial charge in [0.2, 0.25) is 0 Å². The van der Waals surface area contributed by atoms with Crippen molar-refractivity contribution in [3.63, 3.8) is 0 Å². The maximum atomic E-state index is 9.57. The molecule has 2 rings (SSSR count). The molecule has 0 radical (unpaired) electrons. The minimum absolute atomic E-state index is 0.0587. The van der Waals surface area contributed by atoms with Crippen LogP contribution in [0.5, 0.6) is 11.5 Å². The van der Waals surface area contributed by atoms with Gasteiger partial charge in [-0.3, -0.25) is 0 Å². The van der Waals surface area contributed by atoms with Crippen molar-refractivity contribution in [2.75, 3.05) is 0 Å². The average molecular weight is 228 g/mol.